The van der Waals surface area contributed by atoms with E-state index in [2.05, 4.69) is 25.3 Å². The molecular formula is C30H17Cl5F2N8O3. The van der Waals surface area contributed by atoms with Gasteiger partial charge in [0.15, 0.2) is 28.8 Å². The first kappa shape index (κ1) is 36.1. The molecule has 0 atom stereocenters. The second-order valence-corrected chi connectivity index (χ2v) is 11.1. The summed E-state index contributed by atoms with van der Waals surface area (Å²) in [6.45, 7) is -0.167. The largest absolute Gasteiger partial charge is 0.434 e. The Balaban J connectivity index is 0.000000229. The zero-order valence-electron chi connectivity index (χ0n) is 23.8. The van der Waals surface area contributed by atoms with Crippen LogP contribution in [0, 0.1) is 34.3 Å². The van der Waals surface area contributed by atoms with Gasteiger partial charge in [-0.25, -0.2) is 23.7 Å². The number of imidazole rings is 1. The molecule has 3 heterocycles. The highest BCUT2D eigenvalue weighted by molar-refractivity contribution is 6.33. The molecule has 244 valence electrons. The fraction of sp³-hybridized carbons (Fsp3) is 0.0667. The van der Waals surface area contributed by atoms with Crippen molar-refractivity contribution in [2.75, 3.05) is 0 Å². The van der Waals surface area contributed by atoms with E-state index in [1.165, 1.54) is 54.9 Å². The van der Waals surface area contributed by atoms with Crippen molar-refractivity contribution in [3.63, 3.8) is 0 Å². The topological polar surface area (TPSA) is 176 Å². The van der Waals surface area contributed by atoms with Gasteiger partial charge >= 0.3 is 0 Å². The van der Waals surface area contributed by atoms with Crippen LogP contribution in [-0.4, -0.2) is 25.8 Å². The van der Waals surface area contributed by atoms with Crippen molar-refractivity contribution in [2.24, 2.45) is 5.73 Å². The number of hydrogen-bond acceptors (Lipinski definition) is 9. The highest BCUT2D eigenvalue weighted by atomic mass is 35.5. The van der Waals surface area contributed by atoms with Crippen LogP contribution in [0.2, 0.25) is 25.5 Å². The van der Waals surface area contributed by atoms with Crippen molar-refractivity contribution in [3.05, 3.63) is 120 Å². The molecule has 0 bridgehead atoms. The Morgan fingerprint density at radius 1 is 0.833 bits per heavy atom. The number of nitrogens with zero attached hydrogens (tertiary/aromatic N) is 5. The summed E-state index contributed by atoms with van der Waals surface area (Å²) < 4.78 is 39.6. The van der Waals surface area contributed by atoms with Crippen LogP contribution >= 0.6 is 58.0 Å². The van der Waals surface area contributed by atoms with Gasteiger partial charge in [-0.15, -0.1) is 0 Å². The summed E-state index contributed by atoms with van der Waals surface area (Å²) in [5.41, 5.74) is 6.18. The molecule has 0 unspecified atom stereocenters. The summed E-state index contributed by atoms with van der Waals surface area (Å²) >= 11 is 29.3. The van der Waals surface area contributed by atoms with Crippen LogP contribution in [0.15, 0.2) is 54.9 Å². The Bertz CT molecular complexity index is 2090. The van der Waals surface area contributed by atoms with Crippen LogP contribution in [0.3, 0.4) is 0 Å². The van der Waals surface area contributed by atoms with E-state index in [1.807, 2.05) is 12.1 Å². The highest BCUT2D eigenvalue weighted by Gasteiger charge is 2.19. The predicted octanol–water partition coefficient (Wildman–Crippen LogP) is 8.15. The zero-order chi connectivity index (χ0) is 35.0. The molecule has 0 aliphatic carbocycles. The average molecular weight is 753 g/mol. The molecule has 0 radical (unpaired) electrons. The quantitative estimate of drug-likeness (QED) is 0.132. The summed E-state index contributed by atoms with van der Waals surface area (Å²) in [5.74, 6) is -2.70. The fourth-order valence-electron chi connectivity index (χ4n) is 3.71. The number of nitrogens with two attached hydrogens (primary N) is 1. The summed E-state index contributed by atoms with van der Waals surface area (Å²) in [6, 6.07) is 14.8. The summed E-state index contributed by atoms with van der Waals surface area (Å²) in [4.78, 5) is 26.1. The monoisotopic (exact) mass is 750 g/mol. The number of ether oxygens (including phenoxy) is 2. The van der Waals surface area contributed by atoms with E-state index >= 15 is 0 Å². The lowest BCUT2D eigenvalue weighted by Gasteiger charge is -2.12. The molecule has 1 amide bonds. The lowest BCUT2D eigenvalue weighted by Crippen LogP contribution is -2.24. The number of benzene rings is 2. The Morgan fingerprint density at radius 3 is 1.79 bits per heavy atom. The number of halogens is 7. The third kappa shape index (κ3) is 8.99. The fourth-order valence-corrected chi connectivity index (χ4v) is 4.67. The third-order valence-electron chi connectivity index (χ3n) is 5.94. The van der Waals surface area contributed by atoms with Crippen molar-refractivity contribution in [1.82, 2.24) is 25.3 Å². The lowest BCUT2D eigenvalue weighted by molar-refractivity contribution is 0.0946. The lowest BCUT2D eigenvalue weighted by atomic mass is 10.2. The Labute approximate surface area is 295 Å². The van der Waals surface area contributed by atoms with E-state index in [0.29, 0.717) is 0 Å². The summed E-state index contributed by atoms with van der Waals surface area (Å²) in [7, 11) is 0. The molecule has 5 rings (SSSR count). The highest BCUT2D eigenvalue weighted by Crippen LogP contribution is 2.35. The Morgan fingerprint density at radius 2 is 1.33 bits per heavy atom. The number of nitriles is 2. The first-order valence-corrected chi connectivity index (χ1v) is 14.9. The molecule has 0 spiro atoms. The van der Waals surface area contributed by atoms with E-state index in [-0.39, 0.29) is 89.8 Å². The standard InChI is InChI=1S/C17H9Cl3FN5O2.C13H8Cl2FN3O/c18-10-2-1-9(6-23-17(27)14-16(20)25-7-24-14)13(21)15(10)28-12-4-8(5-22)3-11(19)26-12;14-9-2-1-8(6-18)12(16)13(9)20-11-4-7(5-17)3-10(15)19-11/h1-4,7H,6H2,(H,23,27)(H,24,25);1-4H,6,18H2. The van der Waals surface area contributed by atoms with Crippen molar-refractivity contribution in [3.8, 4) is 35.4 Å². The third-order valence-corrected chi connectivity index (χ3v) is 7.21. The summed E-state index contributed by atoms with van der Waals surface area (Å²) in [6.07, 6.45) is 1.26. The molecule has 0 fully saturated rings. The van der Waals surface area contributed by atoms with Crippen molar-refractivity contribution < 1.29 is 23.0 Å². The Hall–Kier alpha value is -4.73. The minimum Gasteiger partial charge on any atom is -0.434 e. The molecular weight excluding hydrogens is 736 g/mol. The van der Waals surface area contributed by atoms with Gasteiger partial charge < -0.3 is 25.5 Å². The second kappa shape index (κ2) is 16.4. The minimum atomic E-state index is -0.804. The molecule has 11 nitrogen and oxygen atoms in total. The smallest absolute Gasteiger partial charge is 0.273 e. The number of nitrogens with one attached hydrogen (secondary N) is 2. The molecule has 4 N–H and O–H groups in total. The van der Waals surface area contributed by atoms with Gasteiger partial charge in [0.1, 0.15) is 15.5 Å². The van der Waals surface area contributed by atoms with Crippen LogP contribution < -0.4 is 20.5 Å². The number of H-pyrrole nitrogens is 1. The van der Waals surface area contributed by atoms with Gasteiger partial charge in [-0.1, -0.05) is 70.1 Å². The molecule has 5 aromatic rings. The van der Waals surface area contributed by atoms with E-state index in [9.17, 15) is 13.6 Å². The number of aromatic amines is 1. The minimum absolute atomic E-state index is 0.00452. The molecule has 2 aromatic carbocycles. The number of carbonyl (C=O) groups excluding carboxylic acids is 1. The average Bonchev–Trinajstić information content (AvgIpc) is 3.50. The van der Waals surface area contributed by atoms with Crippen LogP contribution in [0.25, 0.3) is 0 Å². The van der Waals surface area contributed by atoms with Gasteiger partial charge in [0.25, 0.3) is 5.91 Å². The van der Waals surface area contributed by atoms with Gasteiger partial charge in [-0.2, -0.15) is 10.5 Å². The Kier molecular flexibility index (Phi) is 12.3. The molecule has 3 aromatic heterocycles. The van der Waals surface area contributed by atoms with Gasteiger partial charge in [-0.05, 0) is 24.3 Å². The maximum absolute atomic E-state index is 14.8. The van der Waals surface area contributed by atoms with Crippen molar-refractivity contribution >= 4 is 63.9 Å². The van der Waals surface area contributed by atoms with Gasteiger partial charge in [-0.3, -0.25) is 4.79 Å². The van der Waals surface area contributed by atoms with Gasteiger partial charge in [0, 0.05) is 36.3 Å². The number of carbonyl (C=O) groups is 1. The molecule has 0 saturated carbocycles. The van der Waals surface area contributed by atoms with E-state index in [4.69, 9.17) is 83.7 Å². The van der Waals surface area contributed by atoms with Crippen LogP contribution in [0.4, 0.5) is 8.78 Å². The SMILES string of the molecule is N#Cc1cc(Cl)nc(Oc2c(Cl)ccc(CN)c2F)c1.N#Cc1cc(Cl)nc(Oc2c(Cl)ccc(CNC(=O)c3nc[nH]c3Cl)c2F)c1. The molecule has 0 saturated heterocycles. The van der Waals surface area contributed by atoms with Gasteiger partial charge in [0.05, 0.1) is 39.6 Å². The van der Waals surface area contributed by atoms with E-state index < -0.39 is 17.5 Å². The van der Waals surface area contributed by atoms with Crippen LogP contribution in [0.5, 0.6) is 23.3 Å². The molecule has 0 aliphatic heterocycles. The van der Waals surface area contributed by atoms with Crippen molar-refractivity contribution in [2.45, 2.75) is 13.1 Å². The maximum Gasteiger partial charge on any atom is 0.273 e. The predicted molar refractivity (Wildman–Crippen MR) is 174 cm³/mol. The number of hydrogen-bond donors (Lipinski definition) is 3. The van der Waals surface area contributed by atoms with E-state index in [0.717, 1.165) is 0 Å². The van der Waals surface area contributed by atoms with Crippen LogP contribution in [-0.2, 0) is 13.1 Å². The molecule has 48 heavy (non-hydrogen) atoms. The van der Waals surface area contributed by atoms with Crippen LogP contribution in [0.1, 0.15) is 32.7 Å². The molecule has 18 heteroatoms. The van der Waals surface area contributed by atoms with E-state index in [1.54, 1.807) is 0 Å². The normalized spacial score (nSPS) is 10.3. The number of amides is 1. The first-order valence-electron chi connectivity index (χ1n) is 13.1. The summed E-state index contributed by atoms with van der Waals surface area (Å²) in [5, 5.41) is 20.5. The maximum atomic E-state index is 14.8. The van der Waals surface area contributed by atoms with Gasteiger partial charge in [0.2, 0.25) is 11.8 Å². The zero-order valence-corrected chi connectivity index (χ0v) is 27.6. The number of pyridine rings is 2. The second-order valence-electron chi connectivity index (χ2n) is 9.11. The first-order chi connectivity index (χ1) is 22.9. The molecule has 0 aliphatic rings. The van der Waals surface area contributed by atoms with Crippen molar-refractivity contribution in [1.29, 1.82) is 10.5 Å². The number of rotatable bonds is 8. The number of aromatic nitrogens is 4.